The Morgan fingerprint density at radius 3 is 2.55 bits per heavy atom. The molecule has 1 aromatic rings. The first kappa shape index (κ1) is 14.6. The maximum absolute atomic E-state index is 11.8. The van der Waals surface area contributed by atoms with Gasteiger partial charge in [0.1, 0.15) is 0 Å². The summed E-state index contributed by atoms with van der Waals surface area (Å²) in [6.07, 6.45) is 5.96. The molecule has 1 aliphatic rings. The number of amides is 1. The Labute approximate surface area is 117 Å². The Hall–Kier alpha value is -1.85. The highest BCUT2D eigenvalue weighted by molar-refractivity contribution is 5.94. The molecule has 0 aliphatic heterocycles. The summed E-state index contributed by atoms with van der Waals surface area (Å²) in [5.74, 6) is -0.588. The van der Waals surface area contributed by atoms with Crippen molar-refractivity contribution in [2.75, 3.05) is 6.54 Å². The van der Waals surface area contributed by atoms with Crippen LogP contribution in [0.4, 0.5) is 0 Å². The van der Waals surface area contributed by atoms with Crippen molar-refractivity contribution in [2.45, 2.75) is 39.0 Å². The van der Waals surface area contributed by atoms with Crippen molar-refractivity contribution in [1.82, 2.24) is 10.5 Å². The number of carbonyl (C=O) groups excluding carboxylic acids is 1. The molecular formula is C14H20N2O4. The van der Waals surface area contributed by atoms with Crippen LogP contribution in [-0.2, 0) is 0 Å². The van der Waals surface area contributed by atoms with Gasteiger partial charge in [0.2, 0.25) is 5.76 Å². The first-order valence-electron chi connectivity index (χ1n) is 7.08. The van der Waals surface area contributed by atoms with Crippen LogP contribution in [0.5, 0.6) is 0 Å². The largest absolute Gasteiger partial charge is 0.475 e. The van der Waals surface area contributed by atoms with Crippen molar-refractivity contribution in [3.8, 4) is 0 Å². The van der Waals surface area contributed by atoms with Crippen LogP contribution in [0.15, 0.2) is 10.6 Å². The highest BCUT2D eigenvalue weighted by Crippen LogP contribution is 2.30. The third-order valence-electron chi connectivity index (χ3n) is 4.05. The van der Waals surface area contributed by atoms with Crippen LogP contribution in [0, 0.1) is 11.8 Å². The number of nitrogens with one attached hydrogen (secondary N) is 1. The van der Waals surface area contributed by atoms with Gasteiger partial charge in [-0.15, -0.1) is 0 Å². The van der Waals surface area contributed by atoms with Crippen LogP contribution in [0.1, 0.15) is 60.1 Å². The molecule has 1 saturated carbocycles. The van der Waals surface area contributed by atoms with Gasteiger partial charge in [0.25, 0.3) is 5.91 Å². The fourth-order valence-corrected chi connectivity index (χ4v) is 2.65. The monoisotopic (exact) mass is 280 g/mol. The minimum Gasteiger partial charge on any atom is -0.475 e. The van der Waals surface area contributed by atoms with E-state index in [1.165, 1.54) is 19.3 Å². The number of aromatic carboxylic acids is 1. The van der Waals surface area contributed by atoms with E-state index < -0.39 is 5.97 Å². The summed E-state index contributed by atoms with van der Waals surface area (Å²) in [5.41, 5.74) is 0.0182. The molecule has 6 heteroatoms. The summed E-state index contributed by atoms with van der Waals surface area (Å²) in [7, 11) is 0. The number of carboxylic acids is 1. The Kier molecular flexibility index (Phi) is 4.76. The van der Waals surface area contributed by atoms with Crippen LogP contribution in [0.25, 0.3) is 0 Å². The van der Waals surface area contributed by atoms with E-state index in [-0.39, 0.29) is 17.4 Å². The quantitative estimate of drug-likeness (QED) is 0.863. The fourth-order valence-electron chi connectivity index (χ4n) is 2.65. The predicted molar refractivity (Wildman–Crippen MR) is 71.5 cm³/mol. The zero-order valence-electron chi connectivity index (χ0n) is 11.6. The maximum Gasteiger partial charge on any atom is 0.374 e. The van der Waals surface area contributed by atoms with Gasteiger partial charge in [-0.25, -0.2) is 4.79 Å². The SMILES string of the molecule is CCC1CCC(CNC(=O)c2cc(C(=O)O)on2)CC1. The molecule has 20 heavy (non-hydrogen) atoms. The number of nitrogens with zero attached hydrogens (tertiary/aromatic N) is 1. The molecule has 0 saturated heterocycles. The lowest BCUT2D eigenvalue weighted by Crippen LogP contribution is -2.31. The highest BCUT2D eigenvalue weighted by atomic mass is 16.5. The molecule has 1 amide bonds. The maximum atomic E-state index is 11.8. The van der Waals surface area contributed by atoms with E-state index in [1.54, 1.807) is 0 Å². The van der Waals surface area contributed by atoms with Crippen molar-refractivity contribution < 1.29 is 19.2 Å². The number of carbonyl (C=O) groups is 2. The molecule has 0 bridgehead atoms. The first-order valence-corrected chi connectivity index (χ1v) is 7.08. The highest BCUT2D eigenvalue weighted by Gasteiger charge is 2.21. The summed E-state index contributed by atoms with van der Waals surface area (Å²) in [6, 6.07) is 1.14. The molecular weight excluding hydrogens is 260 g/mol. The van der Waals surface area contributed by atoms with E-state index in [1.807, 2.05) is 0 Å². The number of hydrogen-bond acceptors (Lipinski definition) is 4. The average Bonchev–Trinajstić information content (AvgIpc) is 2.95. The van der Waals surface area contributed by atoms with Crippen molar-refractivity contribution >= 4 is 11.9 Å². The molecule has 0 aromatic carbocycles. The molecule has 2 rings (SSSR count). The van der Waals surface area contributed by atoms with E-state index in [0.717, 1.165) is 24.8 Å². The Morgan fingerprint density at radius 1 is 1.35 bits per heavy atom. The van der Waals surface area contributed by atoms with Crippen molar-refractivity contribution in [2.24, 2.45) is 11.8 Å². The summed E-state index contributed by atoms with van der Waals surface area (Å²) in [6.45, 7) is 2.84. The van der Waals surface area contributed by atoms with Gasteiger partial charge >= 0.3 is 5.97 Å². The Balaban J connectivity index is 1.79. The lowest BCUT2D eigenvalue weighted by atomic mass is 9.81. The second-order valence-electron chi connectivity index (χ2n) is 5.39. The summed E-state index contributed by atoms with van der Waals surface area (Å²) >= 11 is 0. The molecule has 6 nitrogen and oxygen atoms in total. The number of aromatic nitrogens is 1. The minimum atomic E-state index is -1.23. The molecule has 1 heterocycles. The van der Waals surface area contributed by atoms with Crippen molar-refractivity contribution in [3.05, 3.63) is 17.5 Å². The van der Waals surface area contributed by atoms with Gasteiger partial charge in [0.05, 0.1) is 0 Å². The molecule has 0 spiro atoms. The van der Waals surface area contributed by atoms with E-state index in [4.69, 9.17) is 5.11 Å². The van der Waals surface area contributed by atoms with Crippen LogP contribution < -0.4 is 5.32 Å². The van der Waals surface area contributed by atoms with Crippen LogP contribution >= 0.6 is 0 Å². The summed E-state index contributed by atoms with van der Waals surface area (Å²) in [4.78, 5) is 22.5. The molecule has 0 atom stereocenters. The number of carboxylic acid groups (broad SMARTS) is 1. The predicted octanol–water partition coefficient (Wildman–Crippen LogP) is 2.32. The van der Waals surface area contributed by atoms with Gasteiger partial charge in [-0.1, -0.05) is 31.3 Å². The topological polar surface area (TPSA) is 92.4 Å². The molecule has 1 aliphatic carbocycles. The first-order chi connectivity index (χ1) is 9.60. The number of hydrogen-bond donors (Lipinski definition) is 2. The standard InChI is InChI=1S/C14H20N2O4/c1-2-9-3-5-10(6-4-9)8-15-13(17)11-7-12(14(18)19)20-16-11/h7,9-10H,2-6,8H2,1H3,(H,15,17)(H,18,19). The second kappa shape index (κ2) is 6.54. The van der Waals surface area contributed by atoms with Crippen molar-refractivity contribution in [3.63, 3.8) is 0 Å². The lowest BCUT2D eigenvalue weighted by Gasteiger charge is -2.27. The van der Waals surface area contributed by atoms with Crippen LogP contribution in [0.2, 0.25) is 0 Å². The summed E-state index contributed by atoms with van der Waals surface area (Å²) in [5, 5.41) is 15.0. The van der Waals surface area contributed by atoms with Crippen molar-refractivity contribution in [1.29, 1.82) is 0 Å². The van der Waals surface area contributed by atoms with E-state index in [2.05, 4.69) is 21.9 Å². The van der Waals surface area contributed by atoms with Gasteiger partial charge in [0, 0.05) is 12.6 Å². The smallest absolute Gasteiger partial charge is 0.374 e. The molecule has 1 fully saturated rings. The van der Waals surface area contributed by atoms with E-state index >= 15 is 0 Å². The third kappa shape index (κ3) is 3.59. The van der Waals surface area contributed by atoms with Gasteiger partial charge in [-0.2, -0.15) is 0 Å². The van der Waals surface area contributed by atoms with Gasteiger partial charge in [-0.05, 0) is 24.7 Å². The van der Waals surface area contributed by atoms with E-state index in [9.17, 15) is 9.59 Å². The van der Waals surface area contributed by atoms with Crippen LogP contribution in [0.3, 0.4) is 0 Å². The fraction of sp³-hybridized carbons (Fsp3) is 0.643. The Morgan fingerprint density at radius 2 is 2.00 bits per heavy atom. The van der Waals surface area contributed by atoms with Crippen LogP contribution in [-0.4, -0.2) is 28.7 Å². The normalized spacial score (nSPS) is 22.4. The zero-order valence-corrected chi connectivity index (χ0v) is 11.6. The van der Waals surface area contributed by atoms with E-state index in [0.29, 0.717) is 12.5 Å². The zero-order chi connectivity index (χ0) is 14.5. The summed E-state index contributed by atoms with van der Waals surface area (Å²) < 4.78 is 4.56. The van der Waals surface area contributed by atoms with Gasteiger partial charge in [-0.3, -0.25) is 4.79 Å². The molecule has 0 unspecified atom stereocenters. The Bertz CT molecular complexity index is 475. The third-order valence-corrected chi connectivity index (χ3v) is 4.05. The molecule has 0 radical (unpaired) electrons. The molecule has 2 N–H and O–H groups in total. The molecule has 110 valence electrons. The van der Waals surface area contributed by atoms with Gasteiger partial charge < -0.3 is 14.9 Å². The average molecular weight is 280 g/mol. The number of rotatable bonds is 5. The lowest BCUT2D eigenvalue weighted by molar-refractivity contribution is 0.0651. The minimum absolute atomic E-state index is 0.0182. The van der Waals surface area contributed by atoms with Gasteiger partial charge in [0.15, 0.2) is 5.69 Å². The second-order valence-corrected chi connectivity index (χ2v) is 5.39. The molecule has 1 aromatic heterocycles.